The Morgan fingerprint density at radius 1 is 1.09 bits per heavy atom. The summed E-state index contributed by atoms with van der Waals surface area (Å²) in [7, 11) is -1.20. The molecule has 3 atom stereocenters. The minimum Gasteiger partial charge on any atom is -0.347 e. The zero-order chi connectivity index (χ0) is 15.6. The Labute approximate surface area is 135 Å². The fraction of sp³-hybridized carbons (Fsp3) is 0.368. The molecule has 0 aliphatic carbocycles. The van der Waals surface area contributed by atoms with E-state index in [-0.39, 0.29) is 6.10 Å². The highest BCUT2D eigenvalue weighted by Gasteiger charge is 2.62. The predicted octanol–water partition coefficient (Wildman–Crippen LogP) is 4.54. The van der Waals surface area contributed by atoms with Crippen molar-refractivity contribution in [3.8, 4) is 0 Å². The van der Waals surface area contributed by atoms with Gasteiger partial charge >= 0.3 is 0 Å². The molecule has 0 radical (unpaired) electrons. The van der Waals surface area contributed by atoms with Gasteiger partial charge in [0.1, 0.15) is 6.10 Å². The Bertz CT molecular complexity index is 651. The van der Waals surface area contributed by atoms with Gasteiger partial charge in [0.2, 0.25) is 0 Å². The van der Waals surface area contributed by atoms with E-state index < -0.39 is 15.7 Å². The third-order valence-corrected chi connectivity index (χ3v) is 6.04. The largest absolute Gasteiger partial charge is 0.347 e. The monoisotopic (exact) mass is 314 g/mol. The van der Waals surface area contributed by atoms with Gasteiger partial charge in [-0.05, 0) is 31.0 Å². The van der Waals surface area contributed by atoms with E-state index in [2.05, 4.69) is 6.92 Å². The van der Waals surface area contributed by atoms with Crippen molar-refractivity contribution in [2.45, 2.75) is 49.0 Å². The predicted molar refractivity (Wildman–Crippen MR) is 90.1 cm³/mol. The van der Waals surface area contributed by atoms with E-state index in [0.29, 0.717) is 0 Å². The second kappa shape index (κ2) is 6.35. The van der Waals surface area contributed by atoms with Gasteiger partial charge in [0.05, 0.1) is 10.8 Å². The van der Waals surface area contributed by atoms with E-state index in [4.69, 9.17) is 4.74 Å². The number of hydrogen-bond donors (Lipinski definition) is 0. The standard InChI is InChI=1S/C19H22O2S/c1-3-4-10-18-19(21-18,16-8-6-5-7-9-16)22(20)17-13-11-15(2)12-14-17/h5-9,11-14,18H,3-4,10H2,1-2H3/t18-,19+,22-/m0/s1. The second-order valence-corrected chi connectivity index (χ2v) is 7.48. The maximum atomic E-state index is 13.2. The average Bonchev–Trinajstić information content (AvgIpc) is 3.29. The lowest BCUT2D eigenvalue weighted by molar-refractivity contribution is 0.344. The third-order valence-electron chi connectivity index (χ3n) is 4.19. The van der Waals surface area contributed by atoms with E-state index in [9.17, 15) is 4.21 Å². The van der Waals surface area contributed by atoms with Crippen molar-refractivity contribution in [3.63, 3.8) is 0 Å². The quantitative estimate of drug-likeness (QED) is 0.732. The molecule has 3 rings (SSSR count). The first-order chi connectivity index (χ1) is 10.7. The van der Waals surface area contributed by atoms with Crippen molar-refractivity contribution < 1.29 is 8.95 Å². The van der Waals surface area contributed by atoms with Gasteiger partial charge in [-0.3, -0.25) is 4.21 Å². The van der Waals surface area contributed by atoms with Crippen LogP contribution in [0.2, 0.25) is 0 Å². The highest BCUT2D eigenvalue weighted by atomic mass is 32.2. The molecule has 22 heavy (non-hydrogen) atoms. The summed E-state index contributed by atoms with van der Waals surface area (Å²) in [6, 6.07) is 17.9. The van der Waals surface area contributed by atoms with Crippen LogP contribution in [0.3, 0.4) is 0 Å². The van der Waals surface area contributed by atoms with Crippen LogP contribution in [0.5, 0.6) is 0 Å². The lowest BCUT2D eigenvalue weighted by Crippen LogP contribution is -2.20. The Morgan fingerprint density at radius 3 is 2.41 bits per heavy atom. The molecular weight excluding hydrogens is 292 g/mol. The zero-order valence-corrected chi connectivity index (χ0v) is 13.9. The van der Waals surface area contributed by atoms with Gasteiger partial charge < -0.3 is 4.74 Å². The van der Waals surface area contributed by atoms with Crippen LogP contribution in [-0.4, -0.2) is 10.3 Å². The highest BCUT2D eigenvalue weighted by Crippen LogP contribution is 2.53. The Morgan fingerprint density at radius 2 is 1.77 bits per heavy atom. The van der Waals surface area contributed by atoms with Crippen LogP contribution in [0.25, 0.3) is 0 Å². The van der Waals surface area contributed by atoms with Crippen molar-refractivity contribution >= 4 is 10.8 Å². The topological polar surface area (TPSA) is 29.6 Å². The molecule has 0 bridgehead atoms. The maximum Gasteiger partial charge on any atom is 0.199 e. The number of unbranched alkanes of at least 4 members (excludes halogenated alkanes) is 1. The molecule has 116 valence electrons. The molecule has 0 spiro atoms. The van der Waals surface area contributed by atoms with Crippen LogP contribution in [0, 0.1) is 6.92 Å². The van der Waals surface area contributed by atoms with Gasteiger partial charge in [0.15, 0.2) is 4.93 Å². The molecule has 2 aromatic rings. The highest BCUT2D eigenvalue weighted by molar-refractivity contribution is 7.86. The molecular formula is C19H22O2S. The van der Waals surface area contributed by atoms with Crippen LogP contribution in [0.1, 0.15) is 37.3 Å². The molecule has 1 heterocycles. The van der Waals surface area contributed by atoms with Crippen molar-refractivity contribution in [2.24, 2.45) is 0 Å². The van der Waals surface area contributed by atoms with Gasteiger partial charge in [-0.25, -0.2) is 0 Å². The molecule has 2 aromatic carbocycles. The number of epoxide rings is 1. The number of rotatable bonds is 6. The summed E-state index contributed by atoms with van der Waals surface area (Å²) in [6.07, 6.45) is 3.24. The molecule has 0 N–H and O–H groups in total. The molecule has 3 heteroatoms. The Hall–Kier alpha value is -1.45. The first-order valence-electron chi connectivity index (χ1n) is 7.90. The lowest BCUT2D eigenvalue weighted by atomic mass is 10.1. The van der Waals surface area contributed by atoms with E-state index in [0.717, 1.165) is 29.7 Å². The maximum absolute atomic E-state index is 13.2. The molecule has 1 fully saturated rings. The van der Waals surface area contributed by atoms with Crippen molar-refractivity contribution in [2.75, 3.05) is 0 Å². The average molecular weight is 314 g/mol. The number of aryl methyl sites for hydroxylation is 1. The first-order valence-corrected chi connectivity index (χ1v) is 9.05. The van der Waals surface area contributed by atoms with Crippen LogP contribution < -0.4 is 0 Å². The fourth-order valence-electron chi connectivity index (χ4n) is 2.85. The van der Waals surface area contributed by atoms with Gasteiger partial charge in [-0.1, -0.05) is 67.8 Å². The summed E-state index contributed by atoms with van der Waals surface area (Å²) in [6.45, 7) is 4.21. The zero-order valence-electron chi connectivity index (χ0n) is 13.1. The number of hydrogen-bond acceptors (Lipinski definition) is 2. The van der Waals surface area contributed by atoms with E-state index >= 15 is 0 Å². The molecule has 0 saturated carbocycles. The SMILES string of the molecule is CCCC[C@@H]1O[C@]1(c1ccccc1)[S@@](=O)c1ccc(C)cc1. The van der Waals surface area contributed by atoms with Crippen LogP contribution in [0.4, 0.5) is 0 Å². The molecule has 0 aromatic heterocycles. The Balaban J connectivity index is 1.93. The van der Waals surface area contributed by atoms with Crippen molar-refractivity contribution in [3.05, 3.63) is 65.7 Å². The molecule has 1 aliphatic heterocycles. The number of ether oxygens (including phenoxy) is 1. The van der Waals surface area contributed by atoms with E-state index in [1.807, 2.05) is 61.5 Å². The summed E-state index contributed by atoms with van der Waals surface area (Å²) >= 11 is 0. The van der Waals surface area contributed by atoms with Crippen molar-refractivity contribution in [1.29, 1.82) is 0 Å². The lowest BCUT2D eigenvalue weighted by Gasteiger charge is -2.14. The summed E-state index contributed by atoms with van der Waals surface area (Å²) < 4.78 is 19.2. The van der Waals surface area contributed by atoms with Gasteiger partial charge in [0.25, 0.3) is 0 Å². The summed E-state index contributed by atoms with van der Waals surface area (Å²) in [4.78, 5) is 0.180. The van der Waals surface area contributed by atoms with E-state index in [1.165, 1.54) is 5.56 Å². The normalized spacial score (nSPS) is 24.9. The third kappa shape index (κ3) is 2.75. The fourth-order valence-corrected chi connectivity index (χ4v) is 4.49. The van der Waals surface area contributed by atoms with Gasteiger partial charge in [-0.15, -0.1) is 0 Å². The van der Waals surface area contributed by atoms with Crippen molar-refractivity contribution in [1.82, 2.24) is 0 Å². The first kappa shape index (κ1) is 15.4. The van der Waals surface area contributed by atoms with Gasteiger partial charge in [0, 0.05) is 4.90 Å². The summed E-state index contributed by atoms with van der Waals surface area (Å²) in [5.74, 6) is 0. The van der Waals surface area contributed by atoms with Gasteiger partial charge in [-0.2, -0.15) is 0 Å². The van der Waals surface area contributed by atoms with Crippen LogP contribution in [0.15, 0.2) is 59.5 Å². The van der Waals surface area contributed by atoms with Crippen LogP contribution >= 0.6 is 0 Å². The minimum atomic E-state index is -1.20. The summed E-state index contributed by atoms with van der Waals surface area (Å²) in [5.41, 5.74) is 2.20. The number of benzene rings is 2. The Kier molecular flexibility index (Phi) is 4.46. The smallest absolute Gasteiger partial charge is 0.199 e. The molecule has 0 amide bonds. The molecule has 0 unspecified atom stereocenters. The second-order valence-electron chi connectivity index (χ2n) is 5.86. The molecule has 1 saturated heterocycles. The molecule has 2 nitrogen and oxygen atoms in total. The molecule has 1 aliphatic rings. The van der Waals surface area contributed by atoms with Crippen LogP contribution in [-0.2, 0) is 20.5 Å². The minimum absolute atomic E-state index is 0.0528. The summed E-state index contributed by atoms with van der Waals surface area (Å²) in [5, 5.41) is 0. The van der Waals surface area contributed by atoms with E-state index in [1.54, 1.807) is 0 Å².